The highest BCUT2D eigenvalue weighted by Gasteiger charge is 2.36. The van der Waals surface area contributed by atoms with Crippen LogP contribution in [0.5, 0.6) is 0 Å². The highest BCUT2D eigenvalue weighted by molar-refractivity contribution is 7.11. The average molecular weight is 323 g/mol. The van der Waals surface area contributed by atoms with E-state index in [1.807, 2.05) is 20.8 Å². The van der Waals surface area contributed by atoms with Crippen molar-refractivity contribution in [1.82, 2.24) is 15.6 Å². The van der Waals surface area contributed by atoms with Gasteiger partial charge in [-0.1, -0.05) is 0 Å². The van der Waals surface area contributed by atoms with Crippen LogP contribution in [0.4, 0.5) is 4.79 Å². The Morgan fingerprint density at radius 3 is 2.77 bits per heavy atom. The lowest BCUT2D eigenvalue weighted by Crippen LogP contribution is -2.47. The molecule has 3 rings (SSSR count). The number of rotatable bonds is 4. The predicted molar refractivity (Wildman–Crippen MR) is 87.2 cm³/mol. The van der Waals surface area contributed by atoms with Gasteiger partial charge in [0.15, 0.2) is 0 Å². The van der Waals surface area contributed by atoms with Gasteiger partial charge in [-0.05, 0) is 52.4 Å². The average Bonchev–Trinajstić information content (AvgIpc) is 3.24. The van der Waals surface area contributed by atoms with E-state index in [1.54, 1.807) is 11.3 Å². The number of carbonyl (C=O) groups is 1. The fourth-order valence-corrected chi connectivity index (χ4v) is 4.12. The first-order valence-corrected chi connectivity index (χ1v) is 8.97. The van der Waals surface area contributed by atoms with Crippen molar-refractivity contribution in [2.45, 2.75) is 64.6 Å². The van der Waals surface area contributed by atoms with Crippen LogP contribution in [0.25, 0.3) is 0 Å². The standard InChI is InChI=1S/C16H25N3O2S/c1-9-15(22-11(3)17-9)10(2)18-16(20)19-13-6-7-21-14(8-13)12-4-5-12/h10,12-14H,4-8H2,1-3H3,(H2,18,19,20)/t10-,13-,14-/m0/s1. The van der Waals surface area contributed by atoms with Crippen molar-refractivity contribution in [3.05, 3.63) is 15.6 Å². The molecule has 2 heterocycles. The largest absolute Gasteiger partial charge is 0.378 e. The molecule has 1 aliphatic heterocycles. The van der Waals surface area contributed by atoms with Gasteiger partial charge in [-0.3, -0.25) is 0 Å². The molecule has 22 heavy (non-hydrogen) atoms. The third-order valence-electron chi connectivity index (χ3n) is 4.48. The Labute approximate surface area is 135 Å². The van der Waals surface area contributed by atoms with Gasteiger partial charge < -0.3 is 15.4 Å². The SMILES string of the molecule is Cc1nc(C)c([C@H](C)NC(=O)N[C@H]2CCO[C@H](C3CC3)C2)s1. The van der Waals surface area contributed by atoms with Gasteiger partial charge in [0.1, 0.15) is 0 Å². The summed E-state index contributed by atoms with van der Waals surface area (Å²) in [4.78, 5) is 17.8. The highest BCUT2D eigenvalue weighted by Crippen LogP contribution is 2.38. The minimum atomic E-state index is -0.0839. The number of aromatic nitrogens is 1. The van der Waals surface area contributed by atoms with Gasteiger partial charge in [0, 0.05) is 17.5 Å². The van der Waals surface area contributed by atoms with Crippen LogP contribution in [0, 0.1) is 19.8 Å². The molecule has 2 N–H and O–H groups in total. The summed E-state index contributed by atoms with van der Waals surface area (Å²) >= 11 is 1.65. The van der Waals surface area contributed by atoms with Gasteiger partial charge in [0.2, 0.25) is 0 Å². The Morgan fingerprint density at radius 1 is 1.36 bits per heavy atom. The van der Waals surface area contributed by atoms with Gasteiger partial charge in [0.25, 0.3) is 0 Å². The molecule has 0 spiro atoms. The number of carbonyl (C=O) groups excluding carboxylic acids is 1. The first-order chi connectivity index (χ1) is 10.5. The molecule has 1 saturated carbocycles. The van der Waals surface area contributed by atoms with Crippen molar-refractivity contribution < 1.29 is 9.53 Å². The number of hydrogen-bond acceptors (Lipinski definition) is 4. The molecule has 3 atom stereocenters. The second kappa shape index (κ2) is 6.54. The predicted octanol–water partition coefficient (Wildman–Crippen LogP) is 3.08. The molecule has 0 radical (unpaired) electrons. The number of urea groups is 1. The molecule has 1 aromatic heterocycles. The molecule has 0 aromatic carbocycles. The van der Waals surface area contributed by atoms with E-state index >= 15 is 0 Å². The van der Waals surface area contributed by atoms with E-state index in [-0.39, 0.29) is 18.1 Å². The topological polar surface area (TPSA) is 63.2 Å². The van der Waals surface area contributed by atoms with E-state index in [0.717, 1.165) is 40.9 Å². The normalized spacial score (nSPS) is 26.5. The highest BCUT2D eigenvalue weighted by atomic mass is 32.1. The van der Waals surface area contributed by atoms with Crippen molar-refractivity contribution in [3.63, 3.8) is 0 Å². The molecule has 1 aromatic rings. The summed E-state index contributed by atoms with van der Waals surface area (Å²) in [5.41, 5.74) is 1.01. The summed E-state index contributed by atoms with van der Waals surface area (Å²) in [5, 5.41) is 7.19. The van der Waals surface area contributed by atoms with Crippen LogP contribution in [-0.2, 0) is 4.74 Å². The summed E-state index contributed by atoms with van der Waals surface area (Å²) in [6.07, 6.45) is 4.77. The van der Waals surface area contributed by atoms with E-state index in [2.05, 4.69) is 15.6 Å². The Hall–Kier alpha value is -1.14. The number of nitrogens with zero attached hydrogens (tertiary/aromatic N) is 1. The minimum absolute atomic E-state index is 0.00901. The monoisotopic (exact) mass is 323 g/mol. The Morgan fingerprint density at radius 2 is 2.14 bits per heavy atom. The van der Waals surface area contributed by atoms with Gasteiger partial charge in [-0.15, -0.1) is 11.3 Å². The molecule has 0 unspecified atom stereocenters. The van der Waals surface area contributed by atoms with Gasteiger partial charge in [-0.25, -0.2) is 9.78 Å². The third kappa shape index (κ3) is 3.79. The second-order valence-corrected chi connectivity index (χ2v) is 7.72. The number of ether oxygens (including phenoxy) is 1. The van der Waals surface area contributed by atoms with Crippen molar-refractivity contribution in [1.29, 1.82) is 0 Å². The smallest absolute Gasteiger partial charge is 0.315 e. The van der Waals surface area contributed by atoms with Crippen LogP contribution in [0.1, 0.15) is 54.2 Å². The summed E-state index contributed by atoms with van der Waals surface area (Å²) in [5.74, 6) is 0.731. The Bertz CT molecular complexity index is 541. The van der Waals surface area contributed by atoms with E-state index in [4.69, 9.17) is 4.74 Å². The lowest BCUT2D eigenvalue weighted by Gasteiger charge is -2.30. The first kappa shape index (κ1) is 15.7. The quantitative estimate of drug-likeness (QED) is 0.895. The van der Waals surface area contributed by atoms with Gasteiger partial charge in [-0.2, -0.15) is 0 Å². The summed E-state index contributed by atoms with van der Waals surface area (Å²) in [6.45, 7) is 6.76. The van der Waals surface area contributed by atoms with Gasteiger partial charge >= 0.3 is 6.03 Å². The number of hydrogen-bond donors (Lipinski definition) is 2. The summed E-state index contributed by atoms with van der Waals surface area (Å²) in [7, 11) is 0. The molecule has 1 saturated heterocycles. The van der Waals surface area contributed by atoms with E-state index in [0.29, 0.717) is 6.10 Å². The van der Waals surface area contributed by atoms with Crippen LogP contribution in [-0.4, -0.2) is 29.8 Å². The molecule has 5 nitrogen and oxygen atoms in total. The second-order valence-electron chi connectivity index (χ2n) is 6.49. The van der Waals surface area contributed by atoms with E-state index in [1.165, 1.54) is 12.8 Å². The van der Waals surface area contributed by atoms with Crippen LogP contribution >= 0.6 is 11.3 Å². The molecule has 2 amide bonds. The molecule has 2 fully saturated rings. The third-order valence-corrected chi connectivity index (χ3v) is 5.73. The van der Waals surface area contributed by atoms with Crippen LogP contribution < -0.4 is 10.6 Å². The molecule has 2 aliphatic rings. The molecule has 6 heteroatoms. The molecule has 1 aliphatic carbocycles. The van der Waals surface area contributed by atoms with Crippen LogP contribution in [0.2, 0.25) is 0 Å². The lowest BCUT2D eigenvalue weighted by molar-refractivity contribution is -0.00917. The fraction of sp³-hybridized carbons (Fsp3) is 0.750. The van der Waals surface area contributed by atoms with E-state index in [9.17, 15) is 4.79 Å². The zero-order chi connectivity index (χ0) is 15.7. The Kier molecular flexibility index (Phi) is 4.68. The summed E-state index contributed by atoms with van der Waals surface area (Å²) in [6, 6.07) is 0.139. The number of amides is 2. The zero-order valence-electron chi connectivity index (χ0n) is 13.5. The number of nitrogens with one attached hydrogen (secondary N) is 2. The maximum absolute atomic E-state index is 12.2. The molecular formula is C16H25N3O2S. The van der Waals surface area contributed by atoms with Gasteiger partial charge in [0.05, 0.1) is 22.8 Å². The van der Waals surface area contributed by atoms with Crippen LogP contribution in [0.15, 0.2) is 0 Å². The van der Waals surface area contributed by atoms with Crippen LogP contribution in [0.3, 0.4) is 0 Å². The maximum Gasteiger partial charge on any atom is 0.315 e. The maximum atomic E-state index is 12.2. The van der Waals surface area contributed by atoms with Crippen molar-refractivity contribution >= 4 is 17.4 Å². The minimum Gasteiger partial charge on any atom is -0.378 e. The van der Waals surface area contributed by atoms with Crippen molar-refractivity contribution in [3.8, 4) is 0 Å². The molecular weight excluding hydrogens is 298 g/mol. The Balaban J connectivity index is 1.50. The number of aryl methyl sites for hydroxylation is 2. The zero-order valence-corrected chi connectivity index (χ0v) is 14.3. The fourth-order valence-electron chi connectivity index (χ4n) is 3.19. The lowest BCUT2D eigenvalue weighted by atomic mass is 10.0. The first-order valence-electron chi connectivity index (χ1n) is 8.15. The van der Waals surface area contributed by atoms with Crippen molar-refractivity contribution in [2.24, 2.45) is 5.92 Å². The van der Waals surface area contributed by atoms with E-state index < -0.39 is 0 Å². The molecule has 0 bridgehead atoms. The van der Waals surface area contributed by atoms with Crippen molar-refractivity contribution in [2.75, 3.05) is 6.61 Å². The molecule has 122 valence electrons. The summed E-state index contributed by atoms with van der Waals surface area (Å²) < 4.78 is 5.80. The number of thiazole rings is 1.